The molecule has 1 atom stereocenters. The fourth-order valence-electron chi connectivity index (χ4n) is 5.15. The summed E-state index contributed by atoms with van der Waals surface area (Å²) < 4.78 is 2.26. The molecule has 9 heteroatoms. The summed E-state index contributed by atoms with van der Waals surface area (Å²) in [6, 6.07) is 21.3. The van der Waals surface area contributed by atoms with Gasteiger partial charge in [-0.3, -0.25) is 14.6 Å². The van der Waals surface area contributed by atoms with E-state index in [9.17, 15) is 9.59 Å². The first-order valence-corrected chi connectivity index (χ1v) is 13.2. The number of amides is 2. The molecule has 0 aliphatic rings. The molecule has 0 fully saturated rings. The second-order valence-corrected chi connectivity index (χ2v) is 9.58. The summed E-state index contributed by atoms with van der Waals surface area (Å²) in [5.74, 6) is -0.523. The molecule has 7 N–H and O–H groups in total. The Morgan fingerprint density at radius 1 is 0.974 bits per heavy atom. The summed E-state index contributed by atoms with van der Waals surface area (Å²) in [5.41, 5.74) is 15.6. The van der Waals surface area contributed by atoms with Crippen LogP contribution in [-0.4, -0.2) is 39.9 Å². The van der Waals surface area contributed by atoms with E-state index in [4.69, 9.17) is 11.5 Å². The van der Waals surface area contributed by atoms with E-state index >= 15 is 0 Å². The summed E-state index contributed by atoms with van der Waals surface area (Å²) in [5, 5.41) is 9.20. The first kappa shape index (κ1) is 25.8. The predicted octanol–water partition coefficient (Wildman–Crippen LogP) is 4.02. The highest BCUT2D eigenvalue weighted by molar-refractivity contribution is 6.10. The van der Waals surface area contributed by atoms with Crippen molar-refractivity contribution in [3.63, 3.8) is 0 Å². The highest BCUT2D eigenvalue weighted by Crippen LogP contribution is 2.31. The summed E-state index contributed by atoms with van der Waals surface area (Å²) in [6.07, 6.45) is 2.91. The number of H-pyrrole nitrogens is 1. The van der Waals surface area contributed by atoms with Crippen molar-refractivity contribution >= 4 is 56.2 Å². The average Bonchev–Trinajstić information content (AvgIpc) is 3.49. The number of nitrogens with one attached hydrogen (secondary N) is 3. The van der Waals surface area contributed by atoms with Crippen molar-refractivity contribution in [3.8, 4) is 0 Å². The SMILES string of the molecule is CCn1c2ccccc2c2cc(NC(=O)C(Cc3c[nH]c4ccccc34)NC(=O)CCCN=C(N)N)ccc21. The number of guanidine groups is 1. The largest absolute Gasteiger partial charge is 0.370 e. The van der Waals surface area contributed by atoms with Crippen LogP contribution in [0.2, 0.25) is 0 Å². The molecule has 0 spiro atoms. The highest BCUT2D eigenvalue weighted by Gasteiger charge is 2.23. The molecule has 9 nitrogen and oxygen atoms in total. The lowest BCUT2D eigenvalue weighted by Crippen LogP contribution is -2.45. The van der Waals surface area contributed by atoms with Crippen LogP contribution >= 0.6 is 0 Å². The Hall–Kier alpha value is -4.79. The maximum atomic E-state index is 13.6. The number of fused-ring (bicyclic) bond motifs is 4. The van der Waals surface area contributed by atoms with Crippen LogP contribution in [0, 0.1) is 0 Å². The normalized spacial score (nSPS) is 12.0. The number of aryl methyl sites for hydroxylation is 1. The molecule has 2 aromatic heterocycles. The van der Waals surface area contributed by atoms with Crippen LogP contribution in [0.25, 0.3) is 32.7 Å². The second-order valence-electron chi connectivity index (χ2n) is 9.58. The van der Waals surface area contributed by atoms with Gasteiger partial charge in [0.2, 0.25) is 11.8 Å². The van der Waals surface area contributed by atoms with Crippen molar-refractivity contribution < 1.29 is 9.59 Å². The zero-order valence-electron chi connectivity index (χ0n) is 21.9. The first-order valence-electron chi connectivity index (χ1n) is 13.2. The Labute approximate surface area is 226 Å². The summed E-state index contributed by atoms with van der Waals surface area (Å²) in [4.78, 5) is 33.6. The quantitative estimate of drug-likeness (QED) is 0.107. The minimum absolute atomic E-state index is 0.00831. The number of carbonyl (C=O) groups excluding carboxylic acids is 2. The van der Waals surface area contributed by atoms with Crippen LogP contribution in [-0.2, 0) is 22.6 Å². The first-order chi connectivity index (χ1) is 18.9. The van der Waals surface area contributed by atoms with Gasteiger partial charge in [0.05, 0.1) is 0 Å². The Morgan fingerprint density at radius 2 is 1.72 bits per heavy atom. The smallest absolute Gasteiger partial charge is 0.247 e. The van der Waals surface area contributed by atoms with Gasteiger partial charge in [-0.25, -0.2) is 0 Å². The number of aromatic amines is 1. The third kappa shape index (κ3) is 5.57. The zero-order chi connectivity index (χ0) is 27.4. The summed E-state index contributed by atoms with van der Waals surface area (Å²) >= 11 is 0. The van der Waals surface area contributed by atoms with E-state index in [1.807, 2.05) is 60.8 Å². The Kier molecular flexibility index (Phi) is 7.49. The Balaban J connectivity index is 1.39. The highest BCUT2D eigenvalue weighted by atomic mass is 16.2. The zero-order valence-corrected chi connectivity index (χ0v) is 21.9. The Bertz CT molecular complexity index is 1680. The van der Waals surface area contributed by atoms with E-state index in [2.05, 4.69) is 44.2 Å². The minimum Gasteiger partial charge on any atom is -0.370 e. The minimum atomic E-state index is -0.771. The van der Waals surface area contributed by atoms with Crippen LogP contribution in [0.4, 0.5) is 5.69 Å². The molecule has 0 saturated carbocycles. The van der Waals surface area contributed by atoms with Gasteiger partial charge in [0.1, 0.15) is 6.04 Å². The van der Waals surface area contributed by atoms with Crippen molar-refractivity contribution in [2.45, 2.75) is 38.8 Å². The standard InChI is InChI=1S/C30H33N7O2/c1-2-37-26-11-6-4-9-22(26)23-17-20(13-14-27(23)37)35-29(39)25(36-28(38)12-7-15-33-30(31)32)16-19-18-34-24-10-5-3-8-21(19)24/h3-6,8-11,13-14,17-18,25,34H,2,7,12,15-16H2,1H3,(H,35,39)(H,36,38)(H4,31,32,33). The number of para-hydroxylation sites is 2. The molecule has 2 heterocycles. The molecular formula is C30H33N7O2. The molecule has 0 aliphatic heterocycles. The number of benzene rings is 3. The molecule has 0 bridgehead atoms. The van der Waals surface area contributed by atoms with Crippen molar-refractivity contribution in [2.24, 2.45) is 16.5 Å². The van der Waals surface area contributed by atoms with Crippen LogP contribution in [0.15, 0.2) is 77.9 Å². The van der Waals surface area contributed by atoms with Gasteiger partial charge < -0.3 is 31.7 Å². The lowest BCUT2D eigenvalue weighted by molar-refractivity contribution is -0.126. The van der Waals surface area contributed by atoms with E-state index in [0.717, 1.165) is 44.8 Å². The average molecular weight is 524 g/mol. The van der Waals surface area contributed by atoms with Gasteiger partial charge in [-0.1, -0.05) is 36.4 Å². The third-order valence-electron chi connectivity index (χ3n) is 6.96. The van der Waals surface area contributed by atoms with Gasteiger partial charge in [0, 0.05) is 70.5 Å². The van der Waals surface area contributed by atoms with Crippen LogP contribution < -0.4 is 22.1 Å². The van der Waals surface area contributed by atoms with Crippen molar-refractivity contribution in [1.82, 2.24) is 14.9 Å². The summed E-state index contributed by atoms with van der Waals surface area (Å²) in [7, 11) is 0. The molecule has 200 valence electrons. The predicted molar refractivity (Wildman–Crippen MR) is 158 cm³/mol. The number of rotatable bonds is 10. The number of nitrogens with zero attached hydrogens (tertiary/aromatic N) is 2. The Morgan fingerprint density at radius 3 is 2.51 bits per heavy atom. The lowest BCUT2D eigenvalue weighted by Gasteiger charge is -2.19. The number of aromatic nitrogens is 2. The van der Waals surface area contributed by atoms with Crippen LogP contribution in [0.1, 0.15) is 25.3 Å². The van der Waals surface area contributed by atoms with Gasteiger partial charge in [-0.15, -0.1) is 0 Å². The molecule has 0 saturated heterocycles. The van der Waals surface area contributed by atoms with Crippen LogP contribution in [0.3, 0.4) is 0 Å². The molecule has 5 rings (SSSR count). The fraction of sp³-hybridized carbons (Fsp3) is 0.233. The van der Waals surface area contributed by atoms with Crippen molar-refractivity contribution in [1.29, 1.82) is 0 Å². The topological polar surface area (TPSA) is 143 Å². The number of anilines is 1. The van der Waals surface area contributed by atoms with E-state index < -0.39 is 6.04 Å². The fourth-order valence-corrected chi connectivity index (χ4v) is 5.15. The number of carbonyl (C=O) groups is 2. The van der Waals surface area contributed by atoms with Crippen molar-refractivity contribution in [2.75, 3.05) is 11.9 Å². The van der Waals surface area contributed by atoms with Gasteiger partial charge in [-0.05, 0) is 49.2 Å². The number of nitrogens with two attached hydrogens (primary N) is 2. The molecule has 0 aliphatic carbocycles. The number of hydrogen-bond donors (Lipinski definition) is 5. The van der Waals surface area contributed by atoms with E-state index in [0.29, 0.717) is 25.1 Å². The molecule has 2 amide bonds. The van der Waals surface area contributed by atoms with Crippen LogP contribution in [0.5, 0.6) is 0 Å². The number of hydrogen-bond acceptors (Lipinski definition) is 3. The van der Waals surface area contributed by atoms with E-state index in [-0.39, 0.29) is 24.2 Å². The molecule has 39 heavy (non-hydrogen) atoms. The lowest BCUT2D eigenvalue weighted by atomic mass is 10.0. The van der Waals surface area contributed by atoms with Gasteiger partial charge in [0.25, 0.3) is 0 Å². The maximum Gasteiger partial charge on any atom is 0.247 e. The molecule has 5 aromatic rings. The van der Waals surface area contributed by atoms with Crippen molar-refractivity contribution in [3.05, 3.63) is 78.5 Å². The summed E-state index contributed by atoms with van der Waals surface area (Å²) in [6.45, 7) is 3.31. The van der Waals surface area contributed by atoms with Gasteiger partial charge in [0.15, 0.2) is 5.96 Å². The number of aliphatic imine (C=N–C) groups is 1. The molecule has 1 unspecified atom stereocenters. The van der Waals surface area contributed by atoms with Gasteiger partial charge >= 0.3 is 0 Å². The van der Waals surface area contributed by atoms with Gasteiger partial charge in [-0.2, -0.15) is 0 Å². The molecule has 0 radical (unpaired) electrons. The third-order valence-corrected chi connectivity index (χ3v) is 6.96. The van der Waals surface area contributed by atoms with E-state index in [1.54, 1.807) is 0 Å². The molecular weight excluding hydrogens is 490 g/mol. The van der Waals surface area contributed by atoms with E-state index in [1.165, 1.54) is 0 Å². The second kappa shape index (κ2) is 11.3. The monoisotopic (exact) mass is 523 g/mol. The maximum absolute atomic E-state index is 13.6. The molecule has 3 aromatic carbocycles.